The van der Waals surface area contributed by atoms with E-state index in [0.29, 0.717) is 64.5 Å². The minimum absolute atomic E-state index is 0.0241. The molecule has 0 unspecified atom stereocenters. The van der Waals surface area contributed by atoms with Gasteiger partial charge in [-0.25, -0.2) is 0 Å². The Morgan fingerprint density at radius 2 is 1.27 bits per heavy atom. The van der Waals surface area contributed by atoms with Crippen LogP contribution in [0.25, 0.3) is 0 Å². The van der Waals surface area contributed by atoms with Crippen LogP contribution in [0.5, 0.6) is 0 Å². The molecular formula is C69H106ClF3N12O13. The van der Waals surface area contributed by atoms with Crippen LogP contribution in [0.2, 0.25) is 5.02 Å². The Bertz CT molecular complexity index is 3030. The molecule has 98 heavy (non-hydrogen) atoms. The number of rotatable bonds is 12. The number of nitrogens with one attached hydrogen (secondary N) is 3. The highest BCUT2D eigenvalue weighted by Gasteiger charge is 2.51. The number of piperidine rings is 1. The van der Waals surface area contributed by atoms with Crippen LogP contribution < -0.4 is 16.0 Å². The predicted molar refractivity (Wildman–Crippen MR) is 359 cm³/mol. The van der Waals surface area contributed by atoms with Gasteiger partial charge in [-0.1, -0.05) is 83.9 Å². The highest BCUT2D eigenvalue weighted by Crippen LogP contribution is 2.38. The maximum atomic E-state index is 15.8. The predicted octanol–water partition coefficient (Wildman–Crippen LogP) is 4.49. The summed E-state index contributed by atoms with van der Waals surface area (Å²) in [5, 5.41) is 8.07. The Morgan fingerprint density at radius 1 is 0.653 bits per heavy atom. The number of aryl methyl sites for hydroxylation is 1. The van der Waals surface area contributed by atoms with Crippen molar-refractivity contribution in [3.8, 4) is 0 Å². The fourth-order valence-corrected chi connectivity index (χ4v) is 14.7. The van der Waals surface area contributed by atoms with E-state index >= 15 is 28.8 Å². The summed E-state index contributed by atoms with van der Waals surface area (Å²) in [5.74, 6) is -9.12. The summed E-state index contributed by atoms with van der Waals surface area (Å²) in [6.07, 6.45) is 2.31. The van der Waals surface area contributed by atoms with Gasteiger partial charge in [-0.15, -0.1) is 0 Å². The van der Waals surface area contributed by atoms with E-state index in [1.807, 2.05) is 20.8 Å². The number of benzene rings is 1. The average Bonchev–Trinajstić information content (AvgIpc) is 1.36. The Balaban J connectivity index is 1.43. The molecule has 1 aromatic carbocycles. The number of hydrogen-bond acceptors (Lipinski definition) is 13. The lowest BCUT2D eigenvalue weighted by Gasteiger charge is -2.43. The maximum Gasteiger partial charge on any atom is 0.417 e. The quantitative estimate of drug-likeness (QED) is 0.261. The van der Waals surface area contributed by atoms with E-state index in [2.05, 4.69) is 16.0 Å². The van der Waals surface area contributed by atoms with Crippen LogP contribution in [-0.4, -0.2) is 265 Å². The van der Waals surface area contributed by atoms with Gasteiger partial charge in [0.25, 0.3) is 0 Å². The molecule has 5 fully saturated rings. The van der Waals surface area contributed by atoms with E-state index in [0.717, 1.165) is 57.4 Å². The van der Waals surface area contributed by atoms with Gasteiger partial charge in [0.2, 0.25) is 70.9 Å². The number of hydrogen-bond donors (Lipinski definition) is 3. The van der Waals surface area contributed by atoms with E-state index in [1.54, 1.807) is 11.8 Å². The van der Waals surface area contributed by atoms with Crippen molar-refractivity contribution in [3.05, 3.63) is 34.3 Å². The summed E-state index contributed by atoms with van der Waals surface area (Å²) < 4.78 is 46.8. The van der Waals surface area contributed by atoms with E-state index in [9.17, 15) is 41.9 Å². The van der Waals surface area contributed by atoms with Crippen molar-refractivity contribution in [3.63, 3.8) is 0 Å². The minimum Gasteiger partial charge on any atom is -0.385 e. The first-order valence-electron chi connectivity index (χ1n) is 34.8. The molecule has 0 radical (unpaired) electrons. The molecule has 2 aliphatic carbocycles. The lowest BCUT2D eigenvalue weighted by atomic mass is 9.81. The molecule has 12 amide bonds. The third-order valence-electron chi connectivity index (χ3n) is 20.7. The second-order valence-corrected chi connectivity index (χ2v) is 28.6. The molecule has 2 saturated carbocycles. The van der Waals surface area contributed by atoms with Gasteiger partial charge >= 0.3 is 6.18 Å². The lowest BCUT2D eigenvalue weighted by molar-refractivity contribution is -0.157. The highest BCUT2D eigenvalue weighted by molar-refractivity contribution is 6.31. The number of carbonyl (C=O) groups excluding carboxylic acids is 12. The fraction of sp³-hybridized carbons (Fsp3) is 0.739. The van der Waals surface area contributed by atoms with Crippen molar-refractivity contribution in [2.75, 3.05) is 102 Å². The minimum atomic E-state index is -4.76. The topological polar surface area (TPSA) is 279 Å². The van der Waals surface area contributed by atoms with Crippen LogP contribution in [0.3, 0.4) is 0 Å². The molecule has 25 nitrogen and oxygen atoms in total. The molecule has 548 valence electrons. The van der Waals surface area contributed by atoms with Crippen LogP contribution >= 0.6 is 11.6 Å². The number of halogens is 4. The summed E-state index contributed by atoms with van der Waals surface area (Å²) in [5.41, 5.74) is -2.37. The van der Waals surface area contributed by atoms with Gasteiger partial charge in [0.15, 0.2) is 0 Å². The fourth-order valence-electron chi connectivity index (χ4n) is 14.4. The zero-order chi connectivity index (χ0) is 72.7. The number of likely N-dealkylation sites (tertiary alicyclic amines) is 1. The standard InChI is InChI=1S/C69H106ClF3N12O13/c1-13-44(4)58-65(95)79(7)41-56(88)77(5)42-57(89)80(8)51(30-36-98-12)63(93)78(6)40-54(86)74-49(29-27-45-26-28-47(48(70)38-45)69(71,72)73)62(92)85-35-22-25-50(85)61(91)76-68(31-18-19-32-68)67(97)83(11)59(46-23-16-14-17-24-46)66(96)82(10)53(64(94)84-33-20-15-21-34-84)39-55(87)81(9)52(37-43(2)3)60(90)75-58/h26,28,38,43-44,46,49-53,58-59H,13-25,27,29-37,39-42H2,1-12H3,(H,74,86)(H,75,90)(H,76,91)/t44-,49-,50-,51-,52-,53-,58-,59-/m0/s1. The summed E-state index contributed by atoms with van der Waals surface area (Å²) >= 11 is 6.13. The van der Waals surface area contributed by atoms with Gasteiger partial charge in [-0.2, -0.15) is 13.2 Å². The van der Waals surface area contributed by atoms with E-state index in [-0.39, 0.29) is 69.6 Å². The van der Waals surface area contributed by atoms with Crippen LogP contribution in [0.1, 0.15) is 161 Å². The number of nitrogens with zero attached hydrogens (tertiary/aromatic N) is 9. The molecule has 3 aliphatic heterocycles. The number of methoxy groups -OCH3 is 1. The number of carbonyl (C=O) groups is 12. The molecule has 5 aliphatic rings. The van der Waals surface area contributed by atoms with Gasteiger partial charge in [0, 0.05) is 89.1 Å². The van der Waals surface area contributed by atoms with Gasteiger partial charge in [-0.3, -0.25) is 57.5 Å². The third kappa shape index (κ3) is 20.1. The maximum absolute atomic E-state index is 15.8. The monoisotopic (exact) mass is 1400 g/mol. The first kappa shape index (κ1) is 79.9. The van der Waals surface area contributed by atoms with Gasteiger partial charge in [-0.05, 0) is 112 Å². The van der Waals surface area contributed by atoms with E-state index in [4.69, 9.17) is 16.3 Å². The molecule has 3 saturated heterocycles. The Kier molecular flexibility index (Phi) is 29.2. The molecule has 0 bridgehead atoms. The Labute approximate surface area is 580 Å². The summed E-state index contributed by atoms with van der Waals surface area (Å²) in [4.78, 5) is 189. The molecule has 3 heterocycles. The third-order valence-corrected chi connectivity index (χ3v) is 21.0. The van der Waals surface area contributed by atoms with Crippen LogP contribution in [-0.2, 0) is 74.9 Å². The zero-order valence-corrected chi connectivity index (χ0v) is 60.2. The molecule has 6 rings (SSSR count). The molecule has 3 N–H and O–H groups in total. The van der Waals surface area contributed by atoms with Crippen molar-refractivity contribution in [1.29, 1.82) is 0 Å². The van der Waals surface area contributed by atoms with Gasteiger partial charge in [0.05, 0.1) is 36.6 Å². The van der Waals surface area contributed by atoms with Crippen LogP contribution in [0.4, 0.5) is 13.2 Å². The van der Waals surface area contributed by atoms with Crippen molar-refractivity contribution >= 4 is 82.5 Å². The highest BCUT2D eigenvalue weighted by atomic mass is 35.5. The van der Waals surface area contributed by atoms with E-state index in [1.165, 1.54) is 82.1 Å². The van der Waals surface area contributed by atoms with Crippen molar-refractivity contribution < 1.29 is 75.4 Å². The molecule has 1 aromatic rings. The number of ether oxygens (including phenoxy) is 1. The second kappa shape index (κ2) is 35.8. The largest absolute Gasteiger partial charge is 0.417 e. The summed E-state index contributed by atoms with van der Waals surface area (Å²) in [6.45, 7) is 6.22. The first-order valence-corrected chi connectivity index (χ1v) is 35.2. The molecular weight excluding hydrogens is 1300 g/mol. The number of fused-ring (bicyclic) bond motifs is 1. The first-order chi connectivity index (χ1) is 46.2. The van der Waals surface area contributed by atoms with Gasteiger partial charge in [0.1, 0.15) is 47.8 Å². The second-order valence-electron chi connectivity index (χ2n) is 28.2. The molecule has 1 spiro atoms. The van der Waals surface area contributed by atoms with Crippen LogP contribution in [0.15, 0.2) is 18.2 Å². The Morgan fingerprint density at radius 3 is 1.87 bits per heavy atom. The zero-order valence-electron chi connectivity index (χ0n) is 59.4. The van der Waals surface area contributed by atoms with Crippen molar-refractivity contribution in [2.24, 2.45) is 17.8 Å². The van der Waals surface area contributed by atoms with E-state index < -0.39 is 173 Å². The van der Waals surface area contributed by atoms with Crippen molar-refractivity contribution in [2.45, 2.75) is 210 Å². The SMILES string of the molecule is CC[C@H](C)[C@@H]1NC(=O)[C@H](CC(C)C)N(C)C(=O)C[C@@H](C(=O)N2CCCCC2)N(C)C(=O)[C@H](C2CCCCC2)N(C)C(=O)C2(CCCC2)NC(=O)[C@@H]2CCCN2C(=O)[C@H](CCc2ccc(C(F)(F)F)c(Cl)c2)NC(=O)CN(C)C(=O)[C@H](CCOC)N(C)C(=O)CN(C)C(=O)CN(C)C1=O. The number of alkyl halides is 3. The average molecular weight is 1400 g/mol. The molecule has 8 atom stereocenters. The smallest absolute Gasteiger partial charge is 0.385 e. The van der Waals surface area contributed by atoms with Gasteiger partial charge < -0.3 is 64.8 Å². The normalized spacial score (nSPS) is 26.1. The number of likely N-dealkylation sites (N-methyl/N-ethyl adjacent to an activating group) is 7. The number of amides is 12. The van der Waals surface area contributed by atoms with Crippen LogP contribution in [0, 0.1) is 17.8 Å². The summed E-state index contributed by atoms with van der Waals surface area (Å²) in [6, 6.07) is -5.78. The molecule has 29 heteroatoms. The summed E-state index contributed by atoms with van der Waals surface area (Å²) in [7, 11) is 11.1. The van der Waals surface area contributed by atoms with Crippen molar-refractivity contribution in [1.82, 2.24) is 60.0 Å². The lowest BCUT2D eigenvalue weighted by Crippen LogP contribution is -2.65. The Hall–Kier alpha value is -7.10. The molecule has 0 aromatic heterocycles.